The fourth-order valence-corrected chi connectivity index (χ4v) is 6.40. The first-order chi connectivity index (χ1) is 11.7. The van der Waals surface area contributed by atoms with Crippen LogP contribution in [0.5, 0.6) is 5.75 Å². The van der Waals surface area contributed by atoms with E-state index >= 15 is 0 Å². The van der Waals surface area contributed by atoms with Gasteiger partial charge in [-0.1, -0.05) is 13.3 Å². The number of rotatable bonds is 2. The third-order valence-corrected chi connectivity index (χ3v) is 7.17. The van der Waals surface area contributed by atoms with Crippen LogP contribution in [0.4, 0.5) is 5.69 Å². The quantitative estimate of drug-likeness (QED) is 0.878. The molecule has 24 heavy (non-hydrogen) atoms. The molecule has 4 nitrogen and oxygen atoms in total. The Hall–Kier alpha value is -1.39. The molecule has 4 fully saturated rings. The van der Waals surface area contributed by atoms with Gasteiger partial charge in [-0.2, -0.15) is 0 Å². The monoisotopic (exact) mass is 326 g/mol. The number of fused-ring (bicyclic) bond motifs is 4. The van der Waals surface area contributed by atoms with Crippen molar-refractivity contribution in [3.8, 4) is 5.75 Å². The van der Waals surface area contributed by atoms with E-state index in [1.54, 1.807) is 6.07 Å². The molecule has 0 spiro atoms. The lowest BCUT2D eigenvalue weighted by Crippen LogP contribution is -2.65. The Kier molecular flexibility index (Phi) is 3.14. The van der Waals surface area contributed by atoms with Gasteiger partial charge >= 0.3 is 0 Å². The number of phenols is 1. The minimum Gasteiger partial charge on any atom is -0.508 e. The van der Waals surface area contributed by atoms with Crippen LogP contribution < -0.4 is 0 Å². The van der Waals surface area contributed by atoms with Crippen LogP contribution in [0.2, 0.25) is 0 Å². The van der Waals surface area contributed by atoms with Crippen LogP contribution in [0.25, 0.3) is 0 Å². The van der Waals surface area contributed by atoms with Crippen LogP contribution in [0.1, 0.15) is 44.1 Å². The molecule has 0 amide bonds. The summed E-state index contributed by atoms with van der Waals surface area (Å²) in [5, 5.41) is 20.5. The van der Waals surface area contributed by atoms with Gasteiger partial charge in [0.1, 0.15) is 5.75 Å². The zero-order valence-corrected chi connectivity index (χ0v) is 14.3. The summed E-state index contributed by atoms with van der Waals surface area (Å²) in [7, 11) is 0. The zero-order valence-electron chi connectivity index (χ0n) is 14.3. The lowest BCUT2D eigenvalue weighted by molar-refractivity contribution is -0.0832. The number of aliphatic hydroxyl groups excluding tert-OH is 1. The van der Waals surface area contributed by atoms with Crippen molar-refractivity contribution in [2.24, 2.45) is 22.2 Å². The molecule has 3 saturated heterocycles. The normalized spacial score (nSPS) is 42.2. The fraction of sp³-hybridized carbons (Fsp3) is 0.650. The Labute approximate surface area is 143 Å². The van der Waals surface area contributed by atoms with Crippen molar-refractivity contribution in [1.29, 1.82) is 0 Å². The summed E-state index contributed by atoms with van der Waals surface area (Å²) in [6.07, 6.45) is 4.63. The Morgan fingerprint density at radius 3 is 3.04 bits per heavy atom. The van der Waals surface area contributed by atoms with Gasteiger partial charge in [-0.3, -0.25) is 9.89 Å². The predicted octanol–water partition coefficient (Wildman–Crippen LogP) is 3.06. The van der Waals surface area contributed by atoms with Crippen molar-refractivity contribution < 1.29 is 10.2 Å². The van der Waals surface area contributed by atoms with Crippen LogP contribution in [-0.2, 0) is 0 Å². The Morgan fingerprint density at radius 1 is 1.38 bits per heavy atom. The Morgan fingerprint density at radius 2 is 2.25 bits per heavy atom. The van der Waals surface area contributed by atoms with Gasteiger partial charge in [0.15, 0.2) is 0 Å². The summed E-state index contributed by atoms with van der Waals surface area (Å²) in [6.45, 7) is 4.77. The molecule has 0 radical (unpaired) electrons. The Bertz CT molecular complexity index is 716. The highest BCUT2D eigenvalue weighted by molar-refractivity contribution is 6.03. The van der Waals surface area contributed by atoms with Crippen LogP contribution in [-0.4, -0.2) is 46.6 Å². The summed E-state index contributed by atoms with van der Waals surface area (Å²) in [6, 6.07) is 5.99. The maximum absolute atomic E-state index is 10.6. The van der Waals surface area contributed by atoms with Gasteiger partial charge in [-0.05, 0) is 61.4 Å². The van der Waals surface area contributed by atoms with Gasteiger partial charge < -0.3 is 10.2 Å². The van der Waals surface area contributed by atoms with Gasteiger partial charge in [0.25, 0.3) is 0 Å². The first-order valence-corrected chi connectivity index (χ1v) is 9.43. The molecule has 6 atom stereocenters. The average molecular weight is 326 g/mol. The molecule has 4 bridgehead atoms. The molecule has 128 valence electrons. The summed E-state index contributed by atoms with van der Waals surface area (Å²) in [5.41, 5.74) is 3.19. The third-order valence-electron chi connectivity index (χ3n) is 7.17. The molecule has 4 unspecified atom stereocenters. The van der Waals surface area contributed by atoms with Crippen molar-refractivity contribution in [3.05, 3.63) is 23.8 Å². The molecule has 1 saturated carbocycles. The minimum atomic E-state index is -0.183. The summed E-state index contributed by atoms with van der Waals surface area (Å²) in [5.74, 6) is 1.94. The summed E-state index contributed by atoms with van der Waals surface area (Å²) >= 11 is 0. The standard InChI is InChI=1S/C20H26N2O2/c1-2-13-7-12-9-20(11-23)18-15(5-6-22(10-12)19(13)20)16-8-14(24)3-4-17(16)21-18/h3-4,8,12-13,15,19,23-24H,2,5-7,9-11H2,1H3/t12-,13?,15?,19?,20+/m0/s1. The number of hydrogen-bond donors (Lipinski definition) is 2. The summed E-state index contributed by atoms with van der Waals surface area (Å²) in [4.78, 5) is 7.70. The second kappa shape index (κ2) is 5.06. The van der Waals surface area contributed by atoms with Gasteiger partial charge in [0, 0.05) is 29.6 Å². The van der Waals surface area contributed by atoms with Gasteiger partial charge in [-0.25, -0.2) is 0 Å². The van der Waals surface area contributed by atoms with E-state index in [4.69, 9.17) is 4.99 Å². The second-order valence-corrected chi connectivity index (χ2v) is 8.31. The topological polar surface area (TPSA) is 56.1 Å². The lowest BCUT2D eigenvalue weighted by atomic mass is 9.55. The molecule has 6 rings (SSSR count). The molecule has 4 heterocycles. The number of hydrogen-bond acceptors (Lipinski definition) is 4. The van der Waals surface area contributed by atoms with E-state index in [0.717, 1.165) is 30.6 Å². The van der Waals surface area contributed by atoms with E-state index in [2.05, 4.69) is 11.8 Å². The largest absolute Gasteiger partial charge is 0.508 e. The molecular weight excluding hydrogens is 300 g/mol. The lowest BCUT2D eigenvalue weighted by Gasteiger charge is -2.59. The van der Waals surface area contributed by atoms with Crippen LogP contribution in [0, 0.1) is 17.3 Å². The number of nitrogens with zero attached hydrogens (tertiary/aromatic N) is 2. The smallest absolute Gasteiger partial charge is 0.116 e. The van der Waals surface area contributed by atoms with E-state index in [0.29, 0.717) is 23.6 Å². The van der Waals surface area contributed by atoms with Crippen LogP contribution in [0.3, 0.4) is 0 Å². The molecule has 1 aromatic rings. The SMILES string of the molecule is CCC1C[C@@H]2CN3CCC4C(=Nc5ccc(O)cc54)[C@](CO)(C2)C13. The van der Waals surface area contributed by atoms with E-state index in [1.807, 2.05) is 12.1 Å². The first-order valence-electron chi connectivity index (χ1n) is 9.43. The number of phenolic OH excluding ortho intramolecular Hbond substituents is 1. The van der Waals surface area contributed by atoms with Crippen LogP contribution >= 0.6 is 0 Å². The van der Waals surface area contributed by atoms with Gasteiger partial charge in [0.2, 0.25) is 0 Å². The van der Waals surface area contributed by atoms with Gasteiger partial charge in [-0.15, -0.1) is 0 Å². The maximum atomic E-state index is 10.6. The van der Waals surface area contributed by atoms with Crippen molar-refractivity contribution in [2.75, 3.05) is 19.7 Å². The summed E-state index contributed by atoms with van der Waals surface area (Å²) < 4.78 is 0. The highest BCUT2D eigenvalue weighted by atomic mass is 16.3. The molecule has 1 aliphatic carbocycles. The molecule has 4 heteroatoms. The van der Waals surface area contributed by atoms with Crippen LogP contribution in [0.15, 0.2) is 23.2 Å². The minimum absolute atomic E-state index is 0.183. The molecule has 5 aliphatic rings. The van der Waals surface area contributed by atoms with E-state index in [1.165, 1.54) is 25.1 Å². The van der Waals surface area contributed by atoms with E-state index < -0.39 is 0 Å². The van der Waals surface area contributed by atoms with Crippen molar-refractivity contribution in [3.63, 3.8) is 0 Å². The fourth-order valence-electron chi connectivity index (χ4n) is 6.40. The number of aliphatic imine (C=N–C) groups is 1. The van der Waals surface area contributed by atoms with Crippen molar-refractivity contribution in [2.45, 2.75) is 44.6 Å². The molecule has 1 aromatic carbocycles. The van der Waals surface area contributed by atoms with Crippen molar-refractivity contribution in [1.82, 2.24) is 4.90 Å². The third kappa shape index (κ3) is 1.79. The zero-order chi connectivity index (χ0) is 16.5. The number of aromatic hydroxyl groups is 1. The molecular formula is C20H26N2O2. The number of aliphatic hydroxyl groups is 1. The second-order valence-electron chi connectivity index (χ2n) is 8.31. The van der Waals surface area contributed by atoms with E-state index in [-0.39, 0.29) is 17.9 Å². The van der Waals surface area contributed by atoms with E-state index in [9.17, 15) is 10.2 Å². The molecule has 4 aliphatic heterocycles. The Balaban J connectivity index is 1.67. The van der Waals surface area contributed by atoms with Gasteiger partial charge in [0.05, 0.1) is 12.3 Å². The number of benzene rings is 1. The van der Waals surface area contributed by atoms with Crippen molar-refractivity contribution >= 4 is 11.4 Å². The highest BCUT2D eigenvalue weighted by Gasteiger charge is 2.60. The number of piperidine rings is 2. The molecule has 2 N–H and O–H groups in total. The predicted molar refractivity (Wildman–Crippen MR) is 93.9 cm³/mol. The first kappa shape index (κ1) is 14.9. The maximum Gasteiger partial charge on any atom is 0.116 e. The average Bonchev–Trinajstić information content (AvgIpc) is 2.93. The highest BCUT2D eigenvalue weighted by Crippen LogP contribution is 2.58. The molecule has 0 aromatic heterocycles.